The summed E-state index contributed by atoms with van der Waals surface area (Å²) in [5.74, 6) is 1.03. The molecule has 1 aliphatic heterocycles. The van der Waals surface area contributed by atoms with Crippen LogP contribution < -0.4 is 16.0 Å². The quantitative estimate of drug-likeness (QED) is 0.495. The number of H-pyrrole nitrogens is 1. The van der Waals surface area contributed by atoms with Crippen molar-refractivity contribution >= 4 is 52.1 Å². The average Bonchev–Trinajstić information content (AvgIpc) is 3.21. The number of nitrogens with one attached hydrogen (secondary N) is 2. The SMILES string of the molecule is CC1(NC(=O)OC(C)(C)C)CCN(c2ncc(Sc3ccnc(N)c3Cl)c3n[nH]nc23)CC1. The summed E-state index contributed by atoms with van der Waals surface area (Å²) in [6.45, 7) is 9.02. The highest BCUT2D eigenvalue weighted by molar-refractivity contribution is 7.99. The normalized spacial score (nSPS) is 16.1. The number of halogens is 1. The lowest BCUT2D eigenvalue weighted by Gasteiger charge is -2.40. The number of hydrogen-bond donors (Lipinski definition) is 3. The number of fused-ring (bicyclic) bond motifs is 1. The topological polar surface area (TPSA) is 135 Å². The first-order valence-corrected chi connectivity index (χ1v) is 11.8. The number of hydrogen-bond acceptors (Lipinski definition) is 9. The molecule has 1 saturated heterocycles. The molecule has 0 unspecified atom stereocenters. The van der Waals surface area contributed by atoms with Gasteiger partial charge in [-0.1, -0.05) is 23.4 Å². The molecule has 0 spiro atoms. The number of piperidine rings is 1. The summed E-state index contributed by atoms with van der Waals surface area (Å²) >= 11 is 7.71. The van der Waals surface area contributed by atoms with Gasteiger partial charge in [0.25, 0.3) is 0 Å². The molecule has 0 aromatic carbocycles. The molecule has 12 heteroatoms. The van der Waals surface area contributed by atoms with Crippen molar-refractivity contribution in [2.45, 2.75) is 61.5 Å². The van der Waals surface area contributed by atoms with Crippen LogP contribution in [0.3, 0.4) is 0 Å². The molecule has 0 saturated carbocycles. The van der Waals surface area contributed by atoms with E-state index in [1.165, 1.54) is 11.8 Å². The molecular weight excluding hydrogens is 464 g/mol. The largest absolute Gasteiger partial charge is 0.444 e. The van der Waals surface area contributed by atoms with E-state index in [0.717, 1.165) is 28.5 Å². The van der Waals surface area contributed by atoms with Crippen molar-refractivity contribution in [1.29, 1.82) is 0 Å². The molecular formula is C21H27ClN8O2S. The average molecular weight is 491 g/mol. The Labute approximate surface area is 201 Å². The number of nitrogens with zero attached hydrogens (tertiary/aromatic N) is 5. The van der Waals surface area contributed by atoms with Gasteiger partial charge in [0.15, 0.2) is 11.3 Å². The van der Waals surface area contributed by atoms with E-state index >= 15 is 0 Å². The van der Waals surface area contributed by atoms with E-state index in [4.69, 9.17) is 22.1 Å². The number of amides is 1. The number of anilines is 2. The molecule has 4 heterocycles. The molecule has 33 heavy (non-hydrogen) atoms. The van der Waals surface area contributed by atoms with E-state index in [-0.39, 0.29) is 11.4 Å². The second-order valence-electron chi connectivity index (χ2n) is 9.25. The third-order valence-electron chi connectivity index (χ3n) is 5.37. The van der Waals surface area contributed by atoms with Crippen LogP contribution in [0.1, 0.15) is 40.5 Å². The van der Waals surface area contributed by atoms with Gasteiger partial charge in [0.05, 0.1) is 9.92 Å². The van der Waals surface area contributed by atoms with Crippen molar-refractivity contribution in [2.75, 3.05) is 23.7 Å². The van der Waals surface area contributed by atoms with Crippen molar-refractivity contribution in [2.24, 2.45) is 0 Å². The van der Waals surface area contributed by atoms with Gasteiger partial charge < -0.3 is 20.7 Å². The third kappa shape index (κ3) is 5.25. The highest BCUT2D eigenvalue weighted by atomic mass is 35.5. The van der Waals surface area contributed by atoms with Gasteiger partial charge in [-0.2, -0.15) is 15.4 Å². The lowest BCUT2D eigenvalue weighted by Crippen LogP contribution is -2.54. The molecule has 0 atom stereocenters. The van der Waals surface area contributed by atoms with Gasteiger partial charge in [0.1, 0.15) is 16.9 Å². The molecule has 1 aliphatic rings. The smallest absolute Gasteiger partial charge is 0.408 e. The van der Waals surface area contributed by atoms with Gasteiger partial charge >= 0.3 is 6.09 Å². The number of aromatic amines is 1. The molecule has 0 aliphatic carbocycles. The van der Waals surface area contributed by atoms with Gasteiger partial charge in [-0.3, -0.25) is 0 Å². The Hall–Kier alpha value is -2.79. The maximum absolute atomic E-state index is 12.3. The Morgan fingerprint density at radius 1 is 1.24 bits per heavy atom. The number of carbonyl (C=O) groups excluding carboxylic acids is 1. The summed E-state index contributed by atoms with van der Waals surface area (Å²) in [4.78, 5) is 24.7. The molecule has 3 aromatic rings. The highest BCUT2D eigenvalue weighted by Crippen LogP contribution is 2.39. The summed E-state index contributed by atoms with van der Waals surface area (Å²) in [6.07, 6.45) is 4.48. The number of alkyl carbamates (subject to hydrolysis) is 1. The second-order valence-corrected chi connectivity index (χ2v) is 10.7. The third-order valence-corrected chi connectivity index (χ3v) is 6.96. The van der Waals surface area contributed by atoms with Gasteiger partial charge in [-0.25, -0.2) is 14.8 Å². The predicted molar refractivity (Wildman–Crippen MR) is 129 cm³/mol. The molecule has 4 rings (SSSR count). The highest BCUT2D eigenvalue weighted by Gasteiger charge is 2.34. The molecule has 0 bridgehead atoms. The summed E-state index contributed by atoms with van der Waals surface area (Å²) in [7, 11) is 0. The van der Waals surface area contributed by atoms with Crippen LogP contribution in [0, 0.1) is 0 Å². The van der Waals surface area contributed by atoms with Gasteiger partial charge in [0.2, 0.25) is 0 Å². The fourth-order valence-electron chi connectivity index (χ4n) is 3.63. The molecule has 4 N–H and O–H groups in total. The van der Waals surface area contributed by atoms with E-state index in [0.29, 0.717) is 29.1 Å². The van der Waals surface area contributed by atoms with Crippen LogP contribution in [-0.2, 0) is 4.74 Å². The minimum absolute atomic E-state index is 0.277. The summed E-state index contributed by atoms with van der Waals surface area (Å²) in [6, 6.07) is 1.80. The van der Waals surface area contributed by atoms with E-state index in [1.807, 2.05) is 27.7 Å². The van der Waals surface area contributed by atoms with Crippen molar-refractivity contribution in [3.63, 3.8) is 0 Å². The van der Waals surface area contributed by atoms with E-state index < -0.39 is 11.7 Å². The van der Waals surface area contributed by atoms with Crippen LogP contribution in [0.15, 0.2) is 28.3 Å². The van der Waals surface area contributed by atoms with Crippen LogP contribution in [0.5, 0.6) is 0 Å². The summed E-state index contributed by atoms with van der Waals surface area (Å²) in [5, 5.41) is 14.8. The Bertz CT molecular complexity index is 1170. The number of pyridine rings is 2. The fourth-order valence-corrected chi connectivity index (χ4v) is 4.76. The second kappa shape index (κ2) is 8.86. The van der Waals surface area contributed by atoms with Crippen LogP contribution in [0.2, 0.25) is 5.02 Å². The molecule has 1 fully saturated rings. The maximum Gasteiger partial charge on any atom is 0.408 e. The number of nitrogen functional groups attached to an aromatic ring is 1. The standard InChI is InChI=1S/C21H27ClN8O2S/c1-20(2,3)32-19(31)26-21(4)6-9-30(10-7-21)18-16-15(27-29-28-16)13(11-25-18)33-12-5-8-24-17(23)14(12)22/h5,8,11H,6-7,9-10H2,1-4H3,(H2,23,24)(H,26,31)(H,27,28,29). The van der Waals surface area contributed by atoms with Crippen molar-refractivity contribution in [3.8, 4) is 0 Å². The summed E-state index contributed by atoms with van der Waals surface area (Å²) < 4.78 is 5.42. The van der Waals surface area contributed by atoms with Crippen molar-refractivity contribution in [3.05, 3.63) is 23.5 Å². The van der Waals surface area contributed by atoms with E-state index in [9.17, 15) is 4.79 Å². The Balaban J connectivity index is 1.49. The molecule has 176 valence electrons. The Morgan fingerprint density at radius 3 is 2.64 bits per heavy atom. The number of rotatable bonds is 4. The number of ether oxygens (including phenoxy) is 1. The van der Waals surface area contributed by atoms with Crippen LogP contribution in [-0.4, -0.2) is 55.7 Å². The van der Waals surface area contributed by atoms with Crippen LogP contribution >= 0.6 is 23.4 Å². The molecule has 3 aromatic heterocycles. The molecule has 0 radical (unpaired) electrons. The Kier molecular flexibility index (Phi) is 6.28. The monoisotopic (exact) mass is 490 g/mol. The first-order valence-electron chi connectivity index (χ1n) is 10.6. The number of carbonyl (C=O) groups is 1. The minimum Gasteiger partial charge on any atom is -0.444 e. The van der Waals surface area contributed by atoms with E-state index in [1.54, 1.807) is 18.5 Å². The zero-order valence-electron chi connectivity index (χ0n) is 19.0. The van der Waals surface area contributed by atoms with Crippen molar-refractivity contribution < 1.29 is 9.53 Å². The van der Waals surface area contributed by atoms with Crippen LogP contribution in [0.4, 0.5) is 16.4 Å². The zero-order chi connectivity index (χ0) is 23.8. The fraction of sp³-hybridized carbons (Fsp3) is 0.476. The molecule has 1 amide bonds. The van der Waals surface area contributed by atoms with Crippen LogP contribution in [0.25, 0.3) is 11.0 Å². The zero-order valence-corrected chi connectivity index (χ0v) is 20.5. The van der Waals surface area contributed by atoms with Gasteiger partial charge in [0, 0.05) is 35.9 Å². The van der Waals surface area contributed by atoms with E-state index in [2.05, 4.69) is 35.6 Å². The number of nitrogens with two attached hydrogens (primary N) is 1. The van der Waals surface area contributed by atoms with Crippen molar-refractivity contribution in [1.82, 2.24) is 30.7 Å². The number of aromatic nitrogens is 5. The predicted octanol–water partition coefficient (Wildman–Crippen LogP) is 4.02. The first-order chi connectivity index (χ1) is 15.5. The van der Waals surface area contributed by atoms with Gasteiger partial charge in [-0.15, -0.1) is 0 Å². The molecule has 10 nitrogen and oxygen atoms in total. The first kappa shape index (κ1) is 23.4. The minimum atomic E-state index is -0.532. The maximum atomic E-state index is 12.3. The van der Waals surface area contributed by atoms with Gasteiger partial charge in [-0.05, 0) is 46.6 Å². The lowest BCUT2D eigenvalue weighted by molar-refractivity contribution is 0.0448. The Morgan fingerprint density at radius 2 is 1.94 bits per heavy atom. The summed E-state index contributed by atoms with van der Waals surface area (Å²) in [5.41, 5.74) is 6.33. The lowest BCUT2D eigenvalue weighted by atomic mass is 9.90.